The zero-order valence-electron chi connectivity index (χ0n) is 23.5. The van der Waals surface area contributed by atoms with Gasteiger partial charge in [-0.3, -0.25) is 0 Å². The molecule has 8 heteroatoms. The van der Waals surface area contributed by atoms with E-state index >= 15 is 0 Å². The molecule has 1 saturated heterocycles. The standard InChI is InChI=1S/C31H36BN3O4/c1-19-15-28(33)35-20(2)26(19)16-21(32-38-30(3,4)31(5,6)39-32)17-34-29(36)37-18-27-24-13-9-7-11-22(24)23-12-8-10-14-25(23)27/h7-16,27H,17-18H2,1-6H3,(H2,33,35)(H,34,36). The lowest BCUT2D eigenvalue weighted by Gasteiger charge is -2.32. The lowest BCUT2D eigenvalue weighted by Crippen LogP contribution is -2.41. The number of pyridine rings is 1. The number of aryl methyl sites for hydroxylation is 2. The predicted octanol–water partition coefficient (Wildman–Crippen LogP) is 5.83. The first-order valence-electron chi connectivity index (χ1n) is 13.4. The first-order valence-corrected chi connectivity index (χ1v) is 13.4. The summed E-state index contributed by atoms with van der Waals surface area (Å²) < 4.78 is 18.4. The average molecular weight is 525 g/mol. The van der Waals surface area contributed by atoms with Crippen LogP contribution in [0.15, 0.2) is 60.1 Å². The van der Waals surface area contributed by atoms with Crippen LogP contribution in [0.25, 0.3) is 17.2 Å². The SMILES string of the molecule is Cc1cc(N)nc(C)c1C=C(CNC(=O)OCC1c2ccccc2-c2ccccc21)B1OC(C)(C)C(C)(C)O1. The van der Waals surface area contributed by atoms with Crippen LogP contribution in [0.4, 0.5) is 10.6 Å². The minimum atomic E-state index is -0.639. The summed E-state index contributed by atoms with van der Waals surface area (Å²) in [5.41, 5.74) is 13.1. The largest absolute Gasteiger partial charge is 0.492 e. The number of nitrogens with one attached hydrogen (secondary N) is 1. The van der Waals surface area contributed by atoms with Gasteiger partial charge in [0.2, 0.25) is 0 Å². The fourth-order valence-electron chi connectivity index (χ4n) is 5.30. The molecule has 1 amide bonds. The number of hydrogen-bond donors (Lipinski definition) is 2. The van der Waals surface area contributed by atoms with E-state index in [1.54, 1.807) is 0 Å². The molecule has 2 aromatic carbocycles. The zero-order valence-corrected chi connectivity index (χ0v) is 23.5. The Morgan fingerprint density at radius 1 is 1.03 bits per heavy atom. The molecular formula is C31H36BN3O4. The molecule has 0 saturated carbocycles. The summed E-state index contributed by atoms with van der Waals surface area (Å²) >= 11 is 0. The van der Waals surface area contributed by atoms with Gasteiger partial charge in [-0.25, -0.2) is 9.78 Å². The van der Waals surface area contributed by atoms with Gasteiger partial charge in [0.25, 0.3) is 0 Å². The van der Waals surface area contributed by atoms with Gasteiger partial charge in [-0.15, -0.1) is 0 Å². The van der Waals surface area contributed by atoms with E-state index in [9.17, 15) is 4.79 Å². The van der Waals surface area contributed by atoms with Gasteiger partial charge in [-0.05, 0) is 86.5 Å². The highest BCUT2D eigenvalue weighted by Gasteiger charge is 2.52. The van der Waals surface area contributed by atoms with Crippen molar-refractivity contribution in [1.29, 1.82) is 0 Å². The Balaban J connectivity index is 1.33. The highest BCUT2D eigenvalue weighted by Crippen LogP contribution is 2.44. The Kier molecular flexibility index (Phi) is 7.03. The Morgan fingerprint density at radius 3 is 2.15 bits per heavy atom. The minimum absolute atomic E-state index is 0.00703. The summed E-state index contributed by atoms with van der Waals surface area (Å²) in [6, 6.07) is 18.4. The van der Waals surface area contributed by atoms with Gasteiger partial charge in [0.05, 0.1) is 11.2 Å². The van der Waals surface area contributed by atoms with Crippen LogP contribution in [0.2, 0.25) is 0 Å². The molecule has 1 fully saturated rings. The van der Waals surface area contributed by atoms with Crippen LogP contribution >= 0.6 is 0 Å². The molecule has 0 spiro atoms. The molecule has 1 aromatic heterocycles. The number of alkyl carbamates (subject to hydrolysis) is 1. The van der Waals surface area contributed by atoms with Crippen molar-refractivity contribution >= 4 is 25.1 Å². The quantitative estimate of drug-likeness (QED) is 0.393. The molecule has 1 aliphatic carbocycles. The molecule has 3 N–H and O–H groups in total. The van der Waals surface area contributed by atoms with Crippen LogP contribution in [0.5, 0.6) is 0 Å². The molecule has 3 aromatic rings. The van der Waals surface area contributed by atoms with Gasteiger partial charge in [0.15, 0.2) is 0 Å². The van der Waals surface area contributed by atoms with Gasteiger partial charge >= 0.3 is 13.2 Å². The topological polar surface area (TPSA) is 95.7 Å². The minimum Gasteiger partial charge on any atom is -0.449 e. The van der Waals surface area contributed by atoms with E-state index in [-0.39, 0.29) is 19.1 Å². The van der Waals surface area contributed by atoms with E-state index in [0.29, 0.717) is 5.82 Å². The number of nitrogens with two attached hydrogens (primary N) is 1. The number of carbonyl (C=O) groups is 1. The van der Waals surface area contributed by atoms with Crippen molar-refractivity contribution in [1.82, 2.24) is 10.3 Å². The summed E-state index contributed by atoms with van der Waals surface area (Å²) in [6.45, 7) is 12.4. The lowest BCUT2D eigenvalue weighted by molar-refractivity contribution is 0.00578. The molecule has 5 rings (SSSR count). The second kappa shape index (κ2) is 10.2. The van der Waals surface area contributed by atoms with Crippen LogP contribution in [-0.2, 0) is 14.0 Å². The number of ether oxygens (including phenoxy) is 1. The van der Waals surface area contributed by atoms with Crippen molar-refractivity contribution in [2.45, 2.75) is 58.7 Å². The van der Waals surface area contributed by atoms with E-state index in [1.165, 1.54) is 22.3 Å². The summed E-state index contributed by atoms with van der Waals surface area (Å²) in [6.07, 6.45) is 1.48. The monoisotopic (exact) mass is 525 g/mol. The highest BCUT2D eigenvalue weighted by atomic mass is 16.7. The molecular weight excluding hydrogens is 489 g/mol. The van der Waals surface area contributed by atoms with Crippen molar-refractivity contribution in [2.24, 2.45) is 0 Å². The summed E-state index contributed by atoms with van der Waals surface area (Å²) in [5.74, 6) is 0.462. The number of fused-ring (bicyclic) bond motifs is 3. The van der Waals surface area contributed by atoms with Crippen LogP contribution in [0, 0.1) is 13.8 Å². The van der Waals surface area contributed by atoms with Gasteiger partial charge < -0.3 is 25.1 Å². The van der Waals surface area contributed by atoms with Gasteiger partial charge in [-0.2, -0.15) is 0 Å². The third kappa shape index (κ3) is 5.19. The maximum Gasteiger partial charge on any atom is 0.492 e. The highest BCUT2D eigenvalue weighted by molar-refractivity contribution is 6.56. The summed E-state index contributed by atoms with van der Waals surface area (Å²) in [7, 11) is -0.639. The lowest BCUT2D eigenvalue weighted by atomic mass is 9.76. The summed E-state index contributed by atoms with van der Waals surface area (Å²) in [5, 5.41) is 2.92. The Morgan fingerprint density at radius 2 is 1.59 bits per heavy atom. The van der Waals surface area contributed by atoms with E-state index in [0.717, 1.165) is 22.3 Å². The van der Waals surface area contributed by atoms with Crippen molar-refractivity contribution in [3.05, 3.63) is 88.0 Å². The van der Waals surface area contributed by atoms with Gasteiger partial charge in [-0.1, -0.05) is 54.6 Å². The zero-order chi connectivity index (χ0) is 27.9. The van der Waals surface area contributed by atoms with Crippen LogP contribution < -0.4 is 11.1 Å². The third-order valence-electron chi connectivity index (χ3n) is 8.14. The molecule has 202 valence electrons. The number of nitrogen functional groups attached to an aromatic ring is 1. The summed E-state index contributed by atoms with van der Waals surface area (Å²) in [4.78, 5) is 17.4. The van der Waals surface area contributed by atoms with E-state index in [1.807, 2.05) is 78.0 Å². The normalized spacial score (nSPS) is 17.6. The number of hydrogen-bond acceptors (Lipinski definition) is 6. The number of carbonyl (C=O) groups excluding carboxylic acids is 1. The smallest absolute Gasteiger partial charge is 0.449 e. The second-order valence-electron chi connectivity index (χ2n) is 11.3. The third-order valence-corrected chi connectivity index (χ3v) is 8.14. The number of anilines is 1. The Hall–Kier alpha value is -3.62. The first-order chi connectivity index (χ1) is 18.5. The molecule has 7 nitrogen and oxygen atoms in total. The molecule has 0 bridgehead atoms. The van der Waals surface area contributed by atoms with Crippen molar-refractivity contribution in [3.63, 3.8) is 0 Å². The predicted molar refractivity (Wildman–Crippen MR) is 155 cm³/mol. The second-order valence-corrected chi connectivity index (χ2v) is 11.3. The van der Waals surface area contributed by atoms with Crippen molar-refractivity contribution in [2.75, 3.05) is 18.9 Å². The molecule has 2 heterocycles. The molecule has 1 aliphatic heterocycles. The molecule has 0 radical (unpaired) electrons. The molecule has 0 unspecified atom stereocenters. The Bertz CT molecular complexity index is 1360. The van der Waals surface area contributed by atoms with E-state index in [4.69, 9.17) is 19.8 Å². The number of rotatable bonds is 6. The number of nitrogens with zero attached hydrogens (tertiary/aromatic N) is 1. The van der Waals surface area contributed by atoms with Crippen molar-refractivity contribution < 1.29 is 18.8 Å². The number of aromatic nitrogens is 1. The maximum absolute atomic E-state index is 13.0. The molecule has 39 heavy (non-hydrogen) atoms. The van der Waals surface area contributed by atoms with Crippen LogP contribution in [0.3, 0.4) is 0 Å². The fraction of sp³-hybridized carbons (Fsp3) is 0.355. The fourth-order valence-corrected chi connectivity index (χ4v) is 5.30. The molecule has 0 atom stereocenters. The molecule has 2 aliphatic rings. The van der Waals surface area contributed by atoms with Gasteiger partial charge in [0, 0.05) is 18.2 Å². The van der Waals surface area contributed by atoms with Crippen LogP contribution in [-0.4, -0.2) is 42.5 Å². The van der Waals surface area contributed by atoms with Crippen LogP contribution in [0.1, 0.15) is 61.6 Å². The van der Waals surface area contributed by atoms with E-state index in [2.05, 4.69) is 34.6 Å². The average Bonchev–Trinajstić information content (AvgIpc) is 3.31. The number of amides is 1. The maximum atomic E-state index is 13.0. The first kappa shape index (κ1) is 27.0. The van der Waals surface area contributed by atoms with Gasteiger partial charge in [0.1, 0.15) is 12.4 Å². The number of benzene rings is 2. The van der Waals surface area contributed by atoms with E-state index < -0.39 is 24.4 Å². The van der Waals surface area contributed by atoms with Crippen molar-refractivity contribution in [3.8, 4) is 11.1 Å². The Labute approximate surface area is 230 Å².